The minimum atomic E-state index is 0.827. The SMILES string of the molecule is [c]1ccc(C2CCCCCC2)c(C2CCCCCC2)c1. The maximum Gasteiger partial charge on any atom is -0.0159 e. The van der Waals surface area contributed by atoms with Crippen LogP contribution >= 0.6 is 0 Å². The Morgan fingerprint density at radius 3 is 1.70 bits per heavy atom. The third-order valence-electron chi connectivity index (χ3n) is 5.52. The monoisotopic (exact) mass is 269 g/mol. The van der Waals surface area contributed by atoms with E-state index in [0.29, 0.717) is 0 Å². The average molecular weight is 269 g/mol. The minimum absolute atomic E-state index is 0.827. The summed E-state index contributed by atoms with van der Waals surface area (Å²) in [6.45, 7) is 0. The second-order valence-corrected chi connectivity index (χ2v) is 6.93. The molecule has 0 bridgehead atoms. The van der Waals surface area contributed by atoms with Crippen molar-refractivity contribution < 1.29 is 0 Å². The predicted molar refractivity (Wildman–Crippen MR) is 86.2 cm³/mol. The molecule has 2 fully saturated rings. The van der Waals surface area contributed by atoms with Gasteiger partial charge in [0.2, 0.25) is 0 Å². The van der Waals surface area contributed by atoms with Crippen LogP contribution in [0, 0.1) is 6.07 Å². The predicted octanol–water partition coefficient (Wildman–Crippen LogP) is 6.36. The van der Waals surface area contributed by atoms with Crippen molar-refractivity contribution in [2.75, 3.05) is 0 Å². The minimum Gasteiger partial charge on any atom is -0.0579 e. The van der Waals surface area contributed by atoms with Crippen molar-refractivity contribution in [2.45, 2.75) is 88.9 Å². The Kier molecular flexibility index (Phi) is 5.17. The van der Waals surface area contributed by atoms with E-state index in [1.807, 2.05) is 0 Å². The van der Waals surface area contributed by atoms with Gasteiger partial charge in [-0.05, 0) is 54.7 Å². The fraction of sp³-hybridized carbons (Fsp3) is 0.700. The lowest BCUT2D eigenvalue weighted by Crippen LogP contribution is -2.07. The molecule has 0 heteroatoms. The van der Waals surface area contributed by atoms with Crippen molar-refractivity contribution in [1.29, 1.82) is 0 Å². The van der Waals surface area contributed by atoms with Crippen molar-refractivity contribution in [3.05, 3.63) is 35.4 Å². The smallest absolute Gasteiger partial charge is 0.0159 e. The van der Waals surface area contributed by atoms with E-state index in [4.69, 9.17) is 0 Å². The summed E-state index contributed by atoms with van der Waals surface area (Å²) in [4.78, 5) is 0. The molecule has 0 unspecified atom stereocenters. The second-order valence-electron chi connectivity index (χ2n) is 6.93. The van der Waals surface area contributed by atoms with Crippen LogP contribution in [0.3, 0.4) is 0 Å². The zero-order valence-corrected chi connectivity index (χ0v) is 12.9. The van der Waals surface area contributed by atoms with Crippen LogP contribution in [0.5, 0.6) is 0 Å². The topological polar surface area (TPSA) is 0 Å². The average Bonchev–Trinajstić information content (AvgIpc) is 2.92. The molecule has 0 aromatic heterocycles. The first-order chi connectivity index (χ1) is 9.95. The normalized spacial score (nSPS) is 23.2. The largest absolute Gasteiger partial charge is 0.0579 e. The van der Waals surface area contributed by atoms with Gasteiger partial charge in [0.15, 0.2) is 0 Å². The highest BCUT2D eigenvalue weighted by molar-refractivity contribution is 5.33. The summed E-state index contributed by atoms with van der Waals surface area (Å²) in [5.41, 5.74) is 3.36. The van der Waals surface area contributed by atoms with Crippen LogP contribution in [0.1, 0.15) is 100 Å². The summed E-state index contributed by atoms with van der Waals surface area (Å²) in [7, 11) is 0. The van der Waals surface area contributed by atoms with Crippen LogP contribution in [0.25, 0.3) is 0 Å². The van der Waals surface area contributed by atoms with Gasteiger partial charge in [-0.15, -0.1) is 0 Å². The molecule has 0 atom stereocenters. The van der Waals surface area contributed by atoms with Crippen molar-refractivity contribution in [3.63, 3.8) is 0 Å². The van der Waals surface area contributed by atoms with Crippen LogP contribution in [-0.4, -0.2) is 0 Å². The Bertz CT molecular complexity index is 351. The molecular formula is C20H29. The molecule has 0 nitrogen and oxygen atoms in total. The van der Waals surface area contributed by atoms with Gasteiger partial charge in [0.25, 0.3) is 0 Å². The van der Waals surface area contributed by atoms with Crippen LogP contribution in [0.2, 0.25) is 0 Å². The fourth-order valence-electron chi connectivity index (χ4n) is 4.36. The molecule has 1 aromatic rings. The van der Waals surface area contributed by atoms with Gasteiger partial charge in [-0.25, -0.2) is 0 Å². The van der Waals surface area contributed by atoms with Crippen molar-refractivity contribution in [2.24, 2.45) is 0 Å². The van der Waals surface area contributed by atoms with Gasteiger partial charge in [0.05, 0.1) is 0 Å². The molecule has 2 saturated carbocycles. The summed E-state index contributed by atoms with van der Waals surface area (Å²) in [6.07, 6.45) is 17.2. The van der Waals surface area contributed by atoms with Gasteiger partial charge in [-0.1, -0.05) is 69.6 Å². The number of hydrogen-bond donors (Lipinski definition) is 0. The Morgan fingerprint density at radius 1 is 0.650 bits per heavy atom. The van der Waals surface area contributed by atoms with Crippen molar-refractivity contribution in [3.8, 4) is 0 Å². The summed E-state index contributed by atoms with van der Waals surface area (Å²) in [5.74, 6) is 1.67. The van der Waals surface area contributed by atoms with E-state index in [0.717, 1.165) is 11.8 Å². The molecule has 2 aliphatic carbocycles. The van der Waals surface area contributed by atoms with Gasteiger partial charge in [0, 0.05) is 0 Å². The number of hydrogen-bond acceptors (Lipinski definition) is 0. The molecule has 109 valence electrons. The molecule has 2 aliphatic rings. The van der Waals surface area contributed by atoms with E-state index in [1.54, 1.807) is 11.1 Å². The molecule has 1 radical (unpaired) electrons. The highest BCUT2D eigenvalue weighted by Crippen LogP contribution is 2.39. The third kappa shape index (κ3) is 3.45. The second kappa shape index (κ2) is 7.29. The molecular weight excluding hydrogens is 240 g/mol. The van der Waals surface area contributed by atoms with Crippen LogP contribution in [-0.2, 0) is 0 Å². The summed E-state index contributed by atoms with van der Waals surface area (Å²) in [6, 6.07) is 10.3. The quantitative estimate of drug-likeness (QED) is 0.548. The van der Waals surface area contributed by atoms with E-state index < -0.39 is 0 Å². The lowest BCUT2D eigenvalue weighted by Gasteiger charge is -2.24. The first-order valence-corrected chi connectivity index (χ1v) is 8.95. The number of rotatable bonds is 2. The highest BCUT2D eigenvalue weighted by Gasteiger charge is 2.22. The maximum absolute atomic E-state index is 3.37. The Hall–Kier alpha value is -0.780. The summed E-state index contributed by atoms with van der Waals surface area (Å²) >= 11 is 0. The van der Waals surface area contributed by atoms with Crippen molar-refractivity contribution >= 4 is 0 Å². The standard InChI is InChI=1S/C20H29/c1-2-6-12-17(11-5-1)19-15-9-10-16-20(19)18-13-7-3-4-8-14-18/h9,15-18H,1-8,11-14H2. The Labute approximate surface area is 125 Å². The molecule has 0 amide bonds. The van der Waals surface area contributed by atoms with Gasteiger partial charge >= 0.3 is 0 Å². The first-order valence-electron chi connectivity index (χ1n) is 8.95. The van der Waals surface area contributed by atoms with E-state index in [-0.39, 0.29) is 0 Å². The maximum atomic E-state index is 3.37. The van der Waals surface area contributed by atoms with Crippen LogP contribution in [0.4, 0.5) is 0 Å². The molecule has 0 saturated heterocycles. The molecule has 0 aliphatic heterocycles. The fourth-order valence-corrected chi connectivity index (χ4v) is 4.36. The molecule has 20 heavy (non-hydrogen) atoms. The molecule has 3 rings (SSSR count). The van der Waals surface area contributed by atoms with E-state index in [9.17, 15) is 0 Å². The third-order valence-corrected chi connectivity index (χ3v) is 5.52. The van der Waals surface area contributed by atoms with Gasteiger partial charge < -0.3 is 0 Å². The van der Waals surface area contributed by atoms with Gasteiger partial charge in [-0.2, -0.15) is 0 Å². The molecule has 0 spiro atoms. The zero-order valence-electron chi connectivity index (χ0n) is 12.9. The highest BCUT2D eigenvalue weighted by atomic mass is 14.3. The van der Waals surface area contributed by atoms with Crippen LogP contribution < -0.4 is 0 Å². The first kappa shape index (κ1) is 14.2. The Balaban J connectivity index is 1.82. The zero-order chi connectivity index (χ0) is 13.6. The van der Waals surface area contributed by atoms with Gasteiger partial charge in [0.1, 0.15) is 0 Å². The number of benzene rings is 1. The lowest BCUT2D eigenvalue weighted by molar-refractivity contribution is 0.550. The van der Waals surface area contributed by atoms with Gasteiger partial charge in [-0.3, -0.25) is 0 Å². The summed E-state index contributed by atoms with van der Waals surface area (Å²) in [5, 5.41) is 0. The van der Waals surface area contributed by atoms with E-state index in [1.165, 1.54) is 77.0 Å². The summed E-state index contributed by atoms with van der Waals surface area (Å²) < 4.78 is 0. The molecule has 0 heterocycles. The Morgan fingerprint density at radius 2 is 1.15 bits per heavy atom. The van der Waals surface area contributed by atoms with E-state index in [2.05, 4.69) is 24.3 Å². The van der Waals surface area contributed by atoms with Crippen LogP contribution in [0.15, 0.2) is 18.2 Å². The molecule has 0 N–H and O–H groups in total. The lowest BCUT2D eigenvalue weighted by atomic mass is 9.81. The molecule has 1 aromatic carbocycles. The van der Waals surface area contributed by atoms with E-state index >= 15 is 0 Å². The van der Waals surface area contributed by atoms with Crippen molar-refractivity contribution in [1.82, 2.24) is 0 Å².